The second-order valence-electron chi connectivity index (χ2n) is 9.02. The second-order valence-corrected chi connectivity index (χ2v) is 9.02. The Morgan fingerprint density at radius 2 is 1.77 bits per heavy atom. The molecule has 1 aromatic rings. The molecule has 0 saturated carbocycles. The van der Waals surface area contributed by atoms with Gasteiger partial charge in [-0.15, -0.1) is 0 Å². The van der Waals surface area contributed by atoms with Crippen LogP contribution in [0.3, 0.4) is 0 Å². The number of nitrogens with zero attached hydrogens (tertiary/aromatic N) is 1. The van der Waals surface area contributed by atoms with Crippen molar-refractivity contribution in [3.8, 4) is 0 Å². The number of amides is 3. The molecular weight excluding hydrogens is 392 g/mol. The number of hydrogen-bond acceptors (Lipinski definition) is 4. The molecule has 2 atom stereocenters. The molecule has 3 rings (SSSR count). The van der Waals surface area contributed by atoms with Gasteiger partial charge in [-0.05, 0) is 62.3 Å². The van der Waals surface area contributed by atoms with Gasteiger partial charge in [-0.3, -0.25) is 14.4 Å². The number of likely N-dealkylation sites (tertiary alicyclic amines) is 1. The summed E-state index contributed by atoms with van der Waals surface area (Å²) in [6.07, 6.45) is 4.15. The molecule has 7 nitrogen and oxygen atoms in total. The van der Waals surface area contributed by atoms with Crippen molar-refractivity contribution in [1.82, 2.24) is 15.5 Å². The third-order valence-electron chi connectivity index (χ3n) is 6.41. The molecule has 0 radical (unpaired) electrons. The number of nitrogens with one attached hydrogen (secondary N) is 3. The number of aryl methyl sites for hydroxylation is 1. The lowest BCUT2D eigenvalue weighted by molar-refractivity contribution is -0.137. The summed E-state index contributed by atoms with van der Waals surface area (Å²) in [5.74, 6) is -0.342. The fourth-order valence-corrected chi connectivity index (χ4v) is 4.33. The first-order valence-corrected chi connectivity index (χ1v) is 11.6. The summed E-state index contributed by atoms with van der Waals surface area (Å²) < 4.78 is 0. The molecule has 0 aromatic heterocycles. The zero-order valence-corrected chi connectivity index (χ0v) is 18.9. The molecule has 3 amide bonds. The van der Waals surface area contributed by atoms with Crippen molar-refractivity contribution in [3.05, 3.63) is 29.8 Å². The Hall–Kier alpha value is -2.41. The van der Waals surface area contributed by atoms with Crippen LogP contribution in [-0.4, -0.2) is 54.3 Å². The van der Waals surface area contributed by atoms with Gasteiger partial charge in [0.1, 0.15) is 6.04 Å². The lowest BCUT2D eigenvalue weighted by Crippen LogP contribution is -2.52. The van der Waals surface area contributed by atoms with Crippen molar-refractivity contribution in [2.45, 2.75) is 65.0 Å². The van der Waals surface area contributed by atoms with Gasteiger partial charge in [0.25, 0.3) is 0 Å². The highest BCUT2D eigenvalue weighted by atomic mass is 16.2. The Morgan fingerprint density at radius 3 is 2.32 bits per heavy atom. The molecule has 0 spiro atoms. The minimum absolute atomic E-state index is 0.0334. The van der Waals surface area contributed by atoms with Gasteiger partial charge in [-0.25, -0.2) is 0 Å². The lowest BCUT2D eigenvalue weighted by Gasteiger charge is -2.34. The number of hydrogen-bond donors (Lipinski definition) is 3. The molecule has 1 aromatic carbocycles. The van der Waals surface area contributed by atoms with Crippen LogP contribution in [0.15, 0.2) is 24.3 Å². The smallest absolute Gasteiger partial charge is 0.247 e. The average molecular weight is 429 g/mol. The Labute approximate surface area is 185 Å². The first-order chi connectivity index (χ1) is 14.9. The van der Waals surface area contributed by atoms with E-state index in [0.717, 1.165) is 31.5 Å². The number of carbonyl (C=O) groups excluding carboxylic acids is 3. The number of rotatable bonds is 7. The van der Waals surface area contributed by atoms with Gasteiger partial charge in [-0.2, -0.15) is 0 Å². The Morgan fingerprint density at radius 1 is 1.10 bits per heavy atom. The lowest BCUT2D eigenvalue weighted by atomic mass is 9.94. The van der Waals surface area contributed by atoms with Gasteiger partial charge in [-0.1, -0.05) is 32.9 Å². The summed E-state index contributed by atoms with van der Waals surface area (Å²) >= 11 is 0. The minimum atomic E-state index is -0.597. The summed E-state index contributed by atoms with van der Waals surface area (Å²) in [7, 11) is 0. The third-order valence-corrected chi connectivity index (χ3v) is 6.41. The molecule has 0 bridgehead atoms. The van der Waals surface area contributed by atoms with Crippen LogP contribution in [0.5, 0.6) is 0 Å². The van der Waals surface area contributed by atoms with Gasteiger partial charge < -0.3 is 20.9 Å². The maximum absolute atomic E-state index is 12.9. The van der Waals surface area contributed by atoms with Crippen LogP contribution in [0.1, 0.15) is 52.0 Å². The SMILES string of the molecule is CCc1ccc(NC(=O)C(NC(=O)C2CCN(C(=O)C3CCCN3)CC2)C(C)C)cc1. The fraction of sp³-hybridized carbons (Fsp3) is 0.625. The normalized spacial score (nSPS) is 20.5. The van der Waals surface area contributed by atoms with Crippen LogP contribution in [0, 0.1) is 11.8 Å². The zero-order chi connectivity index (χ0) is 22.4. The highest BCUT2D eigenvalue weighted by molar-refractivity contribution is 5.97. The number of anilines is 1. The molecule has 2 aliphatic heterocycles. The van der Waals surface area contributed by atoms with E-state index in [0.29, 0.717) is 25.9 Å². The molecule has 2 aliphatic rings. The monoisotopic (exact) mass is 428 g/mol. The van der Waals surface area contributed by atoms with E-state index in [1.807, 2.05) is 43.0 Å². The Balaban J connectivity index is 1.51. The standard InChI is InChI=1S/C24H36N4O3/c1-4-17-7-9-19(10-8-17)26-23(30)21(16(2)3)27-22(29)18-11-14-28(15-12-18)24(31)20-6-5-13-25-20/h7-10,16,18,20-21,25H,4-6,11-15H2,1-3H3,(H,26,30)(H,27,29). The largest absolute Gasteiger partial charge is 0.344 e. The molecule has 0 aliphatic carbocycles. The van der Waals surface area contributed by atoms with E-state index in [1.54, 1.807) is 0 Å². The van der Waals surface area contributed by atoms with E-state index in [4.69, 9.17) is 0 Å². The molecule has 2 saturated heterocycles. The zero-order valence-electron chi connectivity index (χ0n) is 18.9. The van der Waals surface area contributed by atoms with Gasteiger partial charge in [0, 0.05) is 24.7 Å². The van der Waals surface area contributed by atoms with Crippen molar-refractivity contribution in [1.29, 1.82) is 0 Å². The molecule has 2 heterocycles. The van der Waals surface area contributed by atoms with Crippen LogP contribution in [0.4, 0.5) is 5.69 Å². The van der Waals surface area contributed by atoms with Crippen molar-refractivity contribution >= 4 is 23.4 Å². The van der Waals surface area contributed by atoms with E-state index in [-0.39, 0.29) is 35.6 Å². The van der Waals surface area contributed by atoms with Gasteiger partial charge in [0.05, 0.1) is 6.04 Å². The minimum Gasteiger partial charge on any atom is -0.344 e. The molecular formula is C24H36N4O3. The van der Waals surface area contributed by atoms with Crippen LogP contribution in [-0.2, 0) is 20.8 Å². The average Bonchev–Trinajstić information content (AvgIpc) is 3.32. The highest BCUT2D eigenvalue weighted by Crippen LogP contribution is 2.21. The molecule has 7 heteroatoms. The van der Waals surface area contributed by atoms with Crippen LogP contribution in [0.2, 0.25) is 0 Å². The summed E-state index contributed by atoms with van der Waals surface area (Å²) in [5.41, 5.74) is 1.94. The summed E-state index contributed by atoms with van der Waals surface area (Å²) in [6.45, 7) is 8.04. The van der Waals surface area contributed by atoms with Crippen LogP contribution in [0.25, 0.3) is 0 Å². The van der Waals surface area contributed by atoms with Crippen molar-refractivity contribution in [3.63, 3.8) is 0 Å². The van der Waals surface area contributed by atoms with Crippen LogP contribution >= 0.6 is 0 Å². The first-order valence-electron chi connectivity index (χ1n) is 11.6. The Kier molecular flexibility index (Phi) is 8.07. The highest BCUT2D eigenvalue weighted by Gasteiger charge is 2.33. The predicted molar refractivity (Wildman–Crippen MR) is 122 cm³/mol. The topological polar surface area (TPSA) is 90.5 Å². The number of benzene rings is 1. The summed E-state index contributed by atoms with van der Waals surface area (Å²) in [5, 5.41) is 9.13. The van der Waals surface area contributed by atoms with Crippen molar-refractivity contribution < 1.29 is 14.4 Å². The van der Waals surface area contributed by atoms with E-state index < -0.39 is 6.04 Å². The van der Waals surface area contributed by atoms with E-state index in [1.165, 1.54) is 5.56 Å². The molecule has 170 valence electrons. The Bertz CT molecular complexity index is 764. The van der Waals surface area contributed by atoms with Gasteiger partial charge in [0.15, 0.2) is 0 Å². The molecule has 2 fully saturated rings. The maximum Gasteiger partial charge on any atom is 0.247 e. The number of carbonyl (C=O) groups is 3. The third kappa shape index (κ3) is 6.06. The van der Waals surface area contributed by atoms with Crippen molar-refractivity contribution in [2.75, 3.05) is 25.0 Å². The molecule has 3 N–H and O–H groups in total. The quantitative estimate of drug-likeness (QED) is 0.622. The van der Waals surface area contributed by atoms with Gasteiger partial charge >= 0.3 is 0 Å². The maximum atomic E-state index is 12.9. The second kappa shape index (κ2) is 10.8. The first kappa shape index (κ1) is 23.3. The summed E-state index contributed by atoms with van der Waals surface area (Å²) in [4.78, 5) is 40.1. The molecule has 31 heavy (non-hydrogen) atoms. The van der Waals surface area contributed by atoms with E-state index >= 15 is 0 Å². The van der Waals surface area contributed by atoms with E-state index in [9.17, 15) is 14.4 Å². The predicted octanol–water partition coefficient (Wildman–Crippen LogP) is 2.32. The van der Waals surface area contributed by atoms with Gasteiger partial charge in [0.2, 0.25) is 17.7 Å². The summed E-state index contributed by atoms with van der Waals surface area (Å²) in [6, 6.07) is 7.11. The molecule has 2 unspecified atom stereocenters. The fourth-order valence-electron chi connectivity index (χ4n) is 4.33. The van der Waals surface area contributed by atoms with E-state index in [2.05, 4.69) is 22.9 Å². The van der Waals surface area contributed by atoms with Crippen molar-refractivity contribution in [2.24, 2.45) is 11.8 Å². The number of piperidine rings is 1. The van der Waals surface area contributed by atoms with Crippen LogP contribution < -0.4 is 16.0 Å².